The summed E-state index contributed by atoms with van der Waals surface area (Å²) in [5.41, 5.74) is -0.465. The largest absolute Gasteiger partial charge is 0.444 e. The lowest BCUT2D eigenvalue weighted by Crippen LogP contribution is -2.46. The molecule has 2 aliphatic rings. The summed E-state index contributed by atoms with van der Waals surface area (Å²) in [5.74, 6) is 0.543. The lowest BCUT2D eigenvalue weighted by Gasteiger charge is -2.38. The van der Waals surface area contributed by atoms with Gasteiger partial charge in [-0.25, -0.2) is 4.79 Å². The number of rotatable bonds is 3. The standard InChI is InChI=1S/C21H42N2O3Si/c1-20(2,3)25-19(24)23-15-17(26-27(8,9)21(4,5)6)14-18(23)16-10-12-22(7)13-11-16/h16-18H,10-15H2,1-9H3/t17-,18+/m1/s1. The number of hydrogen-bond donors (Lipinski definition) is 0. The lowest BCUT2D eigenvalue weighted by atomic mass is 9.88. The van der Waals surface area contributed by atoms with Gasteiger partial charge in [-0.1, -0.05) is 20.8 Å². The number of piperidine rings is 1. The second-order valence-electron chi connectivity index (χ2n) is 11.1. The number of carbonyl (C=O) groups is 1. The summed E-state index contributed by atoms with van der Waals surface area (Å²) in [5, 5.41) is 0.176. The molecule has 2 aliphatic heterocycles. The van der Waals surface area contributed by atoms with E-state index in [1.165, 1.54) is 0 Å². The van der Waals surface area contributed by atoms with Gasteiger partial charge in [-0.2, -0.15) is 0 Å². The van der Waals surface area contributed by atoms with Gasteiger partial charge in [0.15, 0.2) is 8.32 Å². The van der Waals surface area contributed by atoms with Crippen LogP contribution >= 0.6 is 0 Å². The Hall–Kier alpha value is -0.593. The molecule has 0 aromatic heterocycles. The van der Waals surface area contributed by atoms with E-state index in [9.17, 15) is 4.79 Å². The number of likely N-dealkylation sites (tertiary alicyclic amines) is 2. The predicted octanol–water partition coefficient (Wildman–Crippen LogP) is 4.73. The molecule has 27 heavy (non-hydrogen) atoms. The Labute approximate surface area is 167 Å². The van der Waals surface area contributed by atoms with Crippen molar-refractivity contribution in [1.82, 2.24) is 9.80 Å². The summed E-state index contributed by atoms with van der Waals surface area (Å²) in [6.45, 7) is 20.1. The third kappa shape index (κ3) is 5.94. The van der Waals surface area contributed by atoms with Crippen molar-refractivity contribution >= 4 is 14.4 Å². The summed E-state index contributed by atoms with van der Waals surface area (Å²) >= 11 is 0. The highest BCUT2D eigenvalue weighted by Gasteiger charge is 2.46. The maximum atomic E-state index is 12.9. The van der Waals surface area contributed by atoms with E-state index < -0.39 is 13.9 Å². The van der Waals surface area contributed by atoms with E-state index in [2.05, 4.69) is 45.8 Å². The van der Waals surface area contributed by atoms with Crippen LogP contribution in [0.2, 0.25) is 18.1 Å². The topological polar surface area (TPSA) is 42.0 Å². The molecule has 6 heteroatoms. The Kier molecular flexibility index (Phi) is 6.75. The quantitative estimate of drug-likeness (QED) is 0.645. The van der Waals surface area contributed by atoms with Gasteiger partial charge >= 0.3 is 6.09 Å². The van der Waals surface area contributed by atoms with Crippen molar-refractivity contribution in [1.29, 1.82) is 0 Å². The Morgan fingerprint density at radius 2 is 1.59 bits per heavy atom. The van der Waals surface area contributed by atoms with Gasteiger partial charge in [-0.05, 0) is 84.2 Å². The van der Waals surface area contributed by atoms with Crippen LogP contribution in [0, 0.1) is 5.92 Å². The molecule has 0 bridgehead atoms. The molecule has 158 valence electrons. The van der Waals surface area contributed by atoms with E-state index in [0.717, 1.165) is 32.4 Å². The van der Waals surface area contributed by atoms with Gasteiger partial charge < -0.3 is 19.0 Å². The zero-order chi connectivity index (χ0) is 20.6. The Morgan fingerprint density at radius 1 is 1.04 bits per heavy atom. The first-order chi connectivity index (χ1) is 12.2. The van der Waals surface area contributed by atoms with Gasteiger partial charge in [0.25, 0.3) is 0 Å². The average molecular weight is 399 g/mol. The first-order valence-corrected chi connectivity index (χ1v) is 13.5. The van der Waals surface area contributed by atoms with Crippen LogP contribution in [0.1, 0.15) is 60.8 Å². The fraction of sp³-hybridized carbons (Fsp3) is 0.952. The SMILES string of the molecule is CN1CCC([C@@H]2C[C@@H](O[Si](C)(C)C(C)(C)C)CN2C(=O)OC(C)(C)C)CC1. The van der Waals surface area contributed by atoms with Crippen LogP contribution in [-0.4, -0.2) is 68.6 Å². The van der Waals surface area contributed by atoms with Gasteiger partial charge in [-0.15, -0.1) is 0 Å². The molecule has 0 aromatic rings. The second-order valence-corrected chi connectivity index (χ2v) is 15.8. The van der Waals surface area contributed by atoms with Gasteiger partial charge in [0.1, 0.15) is 5.60 Å². The van der Waals surface area contributed by atoms with Gasteiger partial charge in [-0.3, -0.25) is 0 Å². The minimum atomic E-state index is -1.86. The molecular weight excluding hydrogens is 356 g/mol. The number of ether oxygens (including phenoxy) is 1. The monoisotopic (exact) mass is 398 g/mol. The Morgan fingerprint density at radius 3 is 2.07 bits per heavy atom. The van der Waals surface area contributed by atoms with Crippen LogP contribution in [0.5, 0.6) is 0 Å². The highest BCUT2D eigenvalue weighted by atomic mass is 28.4. The van der Waals surface area contributed by atoms with E-state index in [-0.39, 0.29) is 23.3 Å². The van der Waals surface area contributed by atoms with E-state index >= 15 is 0 Å². The molecule has 2 rings (SSSR count). The highest BCUT2D eigenvalue weighted by Crippen LogP contribution is 2.40. The summed E-state index contributed by atoms with van der Waals surface area (Å²) < 4.78 is 12.4. The molecule has 0 N–H and O–H groups in total. The van der Waals surface area contributed by atoms with Gasteiger partial charge in [0, 0.05) is 12.6 Å². The number of nitrogens with zero attached hydrogens (tertiary/aromatic N) is 2. The van der Waals surface area contributed by atoms with Gasteiger partial charge in [0.05, 0.1) is 6.10 Å². The fourth-order valence-corrected chi connectivity index (χ4v) is 5.25. The summed E-state index contributed by atoms with van der Waals surface area (Å²) in [6.07, 6.45) is 3.19. The zero-order valence-corrected chi connectivity index (χ0v) is 20.1. The average Bonchev–Trinajstić information content (AvgIpc) is 2.88. The molecule has 0 spiro atoms. The summed E-state index contributed by atoms with van der Waals surface area (Å²) in [6, 6.07) is 0.239. The van der Waals surface area contributed by atoms with Crippen LogP contribution in [0.3, 0.4) is 0 Å². The maximum Gasteiger partial charge on any atom is 0.410 e. The number of amides is 1. The van der Waals surface area contributed by atoms with Crippen LogP contribution in [0.4, 0.5) is 4.79 Å². The normalized spacial score (nSPS) is 26.5. The first kappa shape index (κ1) is 22.7. The molecule has 5 nitrogen and oxygen atoms in total. The van der Waals surface area contributed by atoms with Crippen LogP contribution in [0.15, 0.2) is 0 Å². The Balaban J connectivity index is 2.14. The van der Waals surface area contributed by atoms with Crippen molar-refractivity contribution in [3.63, 3.8) is 0 Å². The third-order valence-electron chi connectivity index (χ3n) is 6.51. The molecule has 0 saturated carbocycles. The summed E-state index contributed by atoms with van der Waals surface area (Å²) in [4.78, 5) is 17.3. The molecule has 2 atom stereocenters. The van der Waals surface area contributed by atoms with Crippen molar-refractivity contribution in [3.8, 4) is 0 Å². The van der Waals surface area contributed by atoms with Crippen molar-refractivity contribution in [2.75, 3.05) is 26.7 Å². The maximum absolute atomic E-state index is 12.9. The van der Waals surface area contributed by atoms with Gasteiger partial charge in [0.2, 0.25) is 0 Å². The highest BCUT2D eigenvalue weighted by molar-refractivity contribution is 6.74. The van der Waals surface area contributed by atoms with E-state index in [4.69, 9.17) is 9.16 Å². The molecule has 1 amide bonds. The Bertz CT molecular complexity index is 517. The van der Waals surface area contributed by atoms with E-state index in [0.29, 0.717) is 12.5 Å². The number of carbonyl (C=O) groups excluding carboxylic acids is 1. The first-order valence-electron chi connectivity index (χ1n) is 10.6. The van der Waals surface area contributed by atoms with E-state index in [1.54, 1.807) is 0 Å². The molecule has 2 heterocycles. The third-order valence-corrected chi connectivity index (χ3v) is 11.0. The predicted molar refractivity (Wildman–Crippen MR) is 114 cm³/mol. The van der Waals surface area contributed by atoms with Crippen molar-refractivity contribution in [3.05, 3.63) is 0 Å². The van der Waals surface area contributed by atoms with Crippen molar-refractivity contribution in [2.24, 2.45) is 5.92 Å². The van der Waals surface area contributed by atoms with Crippen molar-refractivity contribution in [2.45, 2.75) is 96.7 Å². The fourth-order valence-electron chi connectivity index (χ4n) is 3.90. The lowest BCUT2D eigenvalue weighted by molar-refractivity contribution is 0.0131. The molecule has 2 saturated heterocycles. The number of hydrogen-bond acceptors (Lipinski definition) is 4. The van der Waals surface area contributed by atoms with Crippen LogP contribution in [0.25, 0.3) is 0 Å². The van der Waals surface area contributed by atoms with Crippen LogP contribution < -0.4 is 0 Å². The molecule has 0 radical (unpaired) electrons. The minimum absolute atomic E-state index is 0.128. The van der Waals surface area contributed by atoms with E-state index in [1.807, 2.05) is 25.7 Å². The minimum Gasteiger partial charge on any atom is -0.444 e. The zero-order valence-electron chi connectivity index (χ0n) is 19.1. The van der Waals surface area contributed by atoms with Crippen molar-refractivity contribution < 1.29 is 14.0 Å². The molecule has 0 unspecified atom stereocenters. The smallest absolute Gasteiger partial charge is 0.410 e. The van der Waals surface area contributed by atoms with Crippen LogP contribution in [-0.2, 0) is 9.16 Å². The molecule has 0 aliphatic carbocycles. The second kappa shape index (κ2) is 8.03. The molecular formula is C21H42N2O3Si. The molecule has 0 aromatic carbocycles. The molecule has 2 fully saturated rings. The summed E-state index contributed by atoms with van der Waals surface area (Å²) in [7, 11) is 0.322.